The molecule has 0 unspecified atom stereocenters. The van der Waals surface area contributed by atoms with Crippen molar-refractivity contribution < 1.29 is 18.3 Å². The summed E-state index contributed by atoms with van der Waals surface area (Å²) in [6.45, 7) is 3.25. The van der Waals surface area contributed by atoms with Crippen molar-refractivity contribution in [2.45, 2.75) is 5.16 Å². The second kappa shape index (κ2) is 10.5. The van der Waals surface area contributed by atoms with E-state index in [1.165, 1.54) is 0 Å². The SMILES string of the molecule is COc1cccc(N2CCN(c3ccnc(SCC(=O)Nc4cc(F)ccc4F)n3)CC2)c1. The molecule has 0 radical (unpaired) electrons. The fourth-order valence-electron chi connectivity index (χ4n) is 3.49. The highest BCUT2D eigenvalue weighted by Gasteiger charge is 2.19. The lowest BCUT2D eigenvalue weighted by Gasteiger charge is -2.36. The van der Waals surface area contributed by atoms with Crippen LogP contribution in [0.4, 0.5) is 26.0 Å². The molecule has 33 heavy (non-hydrogen) atoms. The summed E-state index contributed by atoms with van der Waals surface area (Å²) < 4.78 is 32.3. The summed E-state index contributed by atoms with van der Waals surface area (Å²) in [6.07, 6.45) is 1.66. The Bertz CT molecular complexity index is 1130. The van der Waals surface area contributed by atoms with E-state index in [4.69, 9.17) is 4.74 Å². The maximum atomic E-state index is 13.7. The number of rotatable bonds is 7. The predicted octanol–water partition coefficient (Wildman–Crippen LogP) is 3.82. The molecule has 0 spiro atoms. The molecule has 3 aromatic rings. The summed E-state index contributed by atoms with van der Waals surface area (Å²) in [5.41, 5.74) is 0.929. The number of nitrogens with one attached hydrogen (secondary N) is 1. The first-order chi connectivity index (χ1) is 16.0. The quantitative estimate of drug-likeness (QED) is 0.415. The zero-order chi connectivity index (χ0) is 23.2. The van der Waals surface area contributed by atoms with Gasteiger partial charge >= 0.3 is 0 Å². The molecule has 1 saturated heterocycles. The van der Waals surface area contributed by atoms with Gasteiger partial charge in [-0.05, 0) is 30.3 Å². The second-order valence-electron chi connectivity index (χ2n) is 7.33. The summed E-state index contributed by atoms with van der Waals surface area (Å²) in [5, 5.41) is 2.81. The van der Waals surface area contributed by atoms with Crippen LogP contribution in [0.3, 0.4) is 0 Å². The normalized spacial score (nSPS) is 13.7. The number of carbonyl (C=O) groups excluding carboxylic acids is 1. The van der Waals surface area contributed by atoms with Crippen molar-refractivity contribution in [1.82, 2.24) is 9.97 Å². The standard InChI is InChI=1S/C23H23F2N5O2S/c1-32-18-4-2-3-17(14-18)29-9-11-30(12-10-29)21-7-8-26-23(28-21)33-15-22(31)27-20-13-16(24)5-6-19(20)25/h2-8,13-14H,9-12,15H2,1H3,(H,27,31). The van der Waals surface area contributed by atoms with Gasteiger partial charge in [-0.15, -0.1) is 0 Å². The van der Waals surface area contributed by atoms with Gasteiger partial charge < -0.3 is 19.9 Å². The molecule has 7 nitrogen and oxygen atoms in total. The van der Waals surface area contributed by atoms with Crippen LogP contribution in [0.5, 0.6) is 5.75 Å². The van der Waals surface area contributed by atoms with Gasteiger partial charge in [0.2, 0.25) is 5.91 Å². The van der Waals surface area contributed by atoms with E-state index in [1.54, 1.807) is 13.3 Å². The van der Waals surface area contributed by atoms with Gasteiger partial charge in [0.05, 0.1) is 18.6 Å². The number of anilines is 3. The highest BCUT2D eigenvalue weighted by atomic mass is 32.2. The van der Waals surface area contributed by atoms with Crippen LogP contribution >= 0.6 is 11.8 Å². The van der Waals surface area contributed by atoms with E-state index in [2.05, 4.69) is 31.2 Å². The van der Waals surface area contributed by atoms with Gasteiger partial charge in [-0.3, -0.25) is 4.79 Å². The number of methoxy groups -OCH3 is 1. The Morgan fingerprint density at radius 3 is 2.67 bits per heavy atom. The Hall–Kier alpha value is -3.40. The van der Waals surface area contributed by atoms with Crippen molar-refractivity contribution in [3.05, 3.63) is 66.4 Å². The Morgan fingerprint density at radius 1 is 1.09 bits per heavy atom. The summed E-state index contributed by atoms with van der Waals surface area (Å²) >= 11 is 1.14. The molecule has 0 atom stereocenters. The van der Waals surface area contributed by atoms with Crippen molar-refractivity contribution >= 4 is 34.9 Å². The van der Waals surface area contributed by atoms with Crippen molar-refractivity contribution in [3.63, 3.8) is 0 Å². The average Bonchev–Trinajstić information content (AvgIpc) is 2.85. The second-order valence-corrected chi connectivity index (χ2v) is 8.28. The molecule has 172 valence electrons. The van der Waals surface area contributed by atoms with Crippen LogP contribution in [-0.2, 0) is 4.79 Å². The number of piperazine rings is 1. The Morgan fingerprint density at radius 2 is 1.88 bits per heavy atom. The molecule has 1 amide bonds. The third kappa shape index (κ3) is 5.89. The van der Waals surface area contributed by atoms with Crippen LogP contribution in [0.15, 0.2) is 59.9 Å². The summed E-state index contributed by atoms with van der Waals surface area (Å²) in [6, 6.07) is 12.7. The number of thioether (sulfide) groups is 1. The topological polar surface area (TPSA) is 70.6 Å². The number of hydrogen-bond acceptors (Lipinski definition) is 7. The minimum atomic E-state index is -0.693. The molecular weight excluding hydrogens is 448 g/mol. The van der Waals surface area contributed by atoms with Crippen molar-refractivity contribution in [1.29, 1.82) is 0 Å². The lowest BCUT2D eigenvalue weighted by Crippen LogP contribution is -2.46. The Balaban J connectivity index is 1.31. The van der Waals surface area contributed by atoms with Crippen molar-refractivity contribution in [2.75, 3.05) is 54.2 Å². The molecule has 1 fully saturated rings. The molecule has 1 N–H and O–H groups in total. The number of hydrogen-bond donors (Lipinski definition) is 1. The largest absolute Gasteiger partial charge is 0.497 e. The van der Waals surface area contributed by atoms with E-state index in [0.717, 1.165) is 73.4 Å². The maximum Gasteiger partial charge on any atom is 0.234 e. The predicted molar refractivity (Wildman–Crippen MR) is 125 cm³/mol. The van der Waals surface area contributed by atoms with Crippen LogP contribution in [0.25, 0.3) is 0 Å². The van der Waals surface area contributed by atoms with Crippen molar-refractivity contribution in [3.8, 4) is 5.75 Å². The van der Waals surface area contributed by atoms with Crippen LogP contribution < -0.4 is 19.9 Å². The molecule has 4 rings (SSSR count). The number of halogens is 2. The zero-order valence-corrected chi connectivity index (χ0v) is 18.8. The Labute approximate surface area is 194 Å². The van der Waals surface area contributed by atoms with E-state index in [0.29, 0.717) is 5.16 Å². The first-order valence-corrected chi connectivity index (χ1v) is 11.3. The molecule has 2 aromatic carbocycles. The smallest absolute Gasteiger partial charge is 0.234 e. The maximum absolute atomic E-state index is 13.7. The molecular formula is C23H23F2N5O2S. The van der Waals surface area contributed by atoms with Crippen molar-refractivity contribution in [2.24, 2.45) is 0 Å². The highest BCUT2D eigenvalue weighted by molar-refractivity contribution is 7.99. The summed E-state index contributed by atoms with van der Waals surface area (Å²) in [7, 11) is 1.66. The lowest BCUT2D eigenvalue weighted by molar-refractivity contribution is -0.113. The first-order valence-electron chi connectivity index (χ1n) is 10.4. The number of nitrogens with zero attached hydrogens (tertiary/aromatic N) is 4. The fourth-order valence-corrected chi connectivity index (χ4v) is 4.11. The number of ether oxygens (including phenoxy) is 1. The van der Waals surface area contributed by atoms with Gasteiger partial charge in [0.25, 0.3) is 0 Å². The van der Waals surface area contributed by atoms with E-state index in [9.17, 15) is 13.6 Å². The number of carbonyl (C=O) groups is 1. The minimum absolute atomic E-state index is 0.0248. The fraction of sp³-hybridized carbons (Fsp3) is 0.261. The van der Waals surface area contributed by atoms with Gasteiger partial charge in [-0.25, -0.2) is 18.7 Å². The van der Waals surface area contributed by atoms with Crippen LogP contribution in [0.2, 0.25) is 0 Å². The van der Waals surface area contributed by atoms with Crippen LogP contribution in [-0.4, -0.2) is 54.9 Å². The van der Waals surface area contributed by atoms with Gasteiger partial charge in [-0.2, -0.15) is 0 Å². The first kappa shape index (κ1) is 22.8. The molecule has 0 bridgehead atoms. The summed E-state index contributed by atoms with van der Waals surface area (Å²) in [4.78, 5) is 25.4. The van der Waals surface area contributed by atoms with E-state index in [-0.39, 0.29) is 11.4 Å². The zero-order valence-electron chi connectivity index (χ0n) is 18.0. The van der Waals surface area contributed by atoms with Crippen LogP contribution in [0, 0.1) is 11.6 Å². The number of amides is 1. The van der Waals surface area contributed by atoms with Gasteiger partial charge in [0.1, 0.15) is 23.2 Å². The number of aromatic nitrogens is 2. The molecule has 0 saturated carbocycles. The van der Waals surface area contributed by atoms with Gasteiger partial charge in [-0.1, -0.05) is 17.8 Å². The third-order valence-corrected chi connectivity index (χ3v) is 6.04. The number of benzene rings is 2. The highest BCUT2D eigenvalue weighted by Crippen LogP contribution is 2.24. The third-order valence-electron chi connectivity index (χ3n) is 5.18. The molecule has 10 heteroatoms. The van der Waals surface area contributed by atoms with E-state index >= 15 is 0 Å². The monoisotopic (exact) mass is 471 g/mol. The lowest BCUT2D eigenvalue weighted by atomic mass is 10.2. The molecule has 1 aliphatic heterocycles. The molecule has 1 aromatic heterocycles. The molecule has 1 aliphatic rings. The minimum Gasteiger partial charge on any atom is -0.497 e. The van der Waals surface area contributed by atoms with E-state index in [1.807, 2.05) is 24.3 Å². The molecule has 2 heterocycles. The Kier molecular flexibility index (Phi) is 7.23. The summed E-state index contributed by atoms with van der Waals surface area (Å²) in [5.74, 6) is -0.192. The van der Waals surface area contributed by atoms with Crippen LogP contribution in [0.1, 0.15) is 0 Å². The van der Waals surface area contributed by atoms with Gasteiger partial charge in [0, 0.05) is 50.2 Å². The molecule has 0 aliphatic carbocycles. The van der Waals surface area contributed by atoms with Gasteiger partial charge in [0.15, 0.2) is 5.16 Å². The average molecular weight is 472 g/mol. The van der Waals surface area contributed by atoms with E-state index < -0.39 is 17.5 Å².